The zero-order valence-electron chi connectivity index (χ0n) is 26.8. The zero-order valence-corrected chi connectivity index (χ0v) is 27.7. The SMILES string of the molecule is Cc1cc(C)c(C(=O)P(=O)(O)c2ccccc2)c(C)c1.OCCOCCOCCOCCOCCOCCOCCOCCO. The molecule has 2 rings (SSSR count). The summed E-state index contributed by atoms with van der Waals surface area (Å²) < 4.78 is 49.2. The van der Waals surface area contributed by atoms with Crippen LogP contribution in [0.25, 0.3) is 0 Å². The van der Waals surface area contributed by atoms with Crippen LogP contribution in [0.3, 0.4) is 0 Å². The van der Waals surface area contributed by atoms with Crippen molar-refractivity contribution in [2.75, 3.05) is 106 Å². The lowest BCUT2D eigenvalue weighted by Crippen LogP contribution is -2.14. The number of rotatable bonds is 25. The number of ether oxygens (including phenoxy) is 7. The minimum atomic E-state index is -4.07. The van der Waals surface area contributed by atoms with Gasteiger partial charge in [-0.1, -0.05) is 35.9 Å². The second kappa shape index (κ2) is 26.1. The van der Waals surface area contributed by atoms with E-state index in [0.29, 0.717) is 98.1 Å². The third-order valence-electron chi connectivity index (χ3n) is 5.98. The molecule has 0 amide bonds. The Morgan fingerprint density at radius 2 is 0.889 bits per heavy atom. The van der Waals surface area contributed by atoms with Crippen LogP contribution in [-0.2, 0) is 37.7 Å². The highest BCUT2D eigenvalue weighted by atomic mass is 31.2. The standard InChI is InChI=1S/C16H34O9.C16H17O3P/c17-1-3-19-5-7-21-9-11-23-13-15-25-16-14-24-12-10-22-8-6-20-4-2-18;1-11-9-12(2)15(13(3)10-11)16(17)20(18,19)14-7-5-4-6-8-14/h17-18H,1-16H2;4-10H,1-3H3,(H,18,19). The maximum absolute atomic E-state index is 12.5. The van der Waals surface area contributed by atoms with Gasteiger partial charge >= 0.3 is 0 Å². The van der Waals surface area contributed by atoms with Crippen LogP contribution in [0.2, 0.25) is 0 Å². The van der Waals surface area contributed by atoms with Crippen LogP contribution in [0.5, 0.6) is 0 Å². The van der Waals surface area contributed by atoms with Gasteiger partial charge in [-0.05, 0) is 44.0 Å². The van der Waals surface area contributed by atoms with Gasteiger partial charge in [-0.2, -0.15) is 0 Å². The average molecular weight is 659 g/mol. The van der Waals surface area contributed by atoms with Gasteiger partial charge in [0, 0.05) is 10.9 Å². The molecule has 1 unspecified atom stereocenters. The normalized spacial score (nSPS) is 12.4. The molecule has 0 saturated heterocycles. The van der Waals surface area contributed by atoms with Crippen molar-refractivity contribution in [3.63, 3.8) is 0 Å². The molecule has 1 atom stereocenters. The lowest BCUT2D eigenvalue weighted by molar-refractivity contribution is -0.0223. The second-order valence-corrected chi connectivity index (χ2v) is 11.8. The van der Waals surface area contributed by atoms with Crippen molar-refractivity contribution < 1.29 is 57.6 Å². The van der Waals surface area contributed by atoms with Crippen LogP contribution in [0.15, 0.2) is 42.5 Å². The molecule has 12 nitrogen and oxygen atoms in total. The van der Waals surface area contributed by atoms with E-state index in [9.17, 15) is 14.3 Å². The van der Waals surface area contributed by atoms with Crippen molar-refractivity contribution in [2.45, 2.75) is 20.8 Å². The molecule has 0 radical (unpaired) electrons. The summed E-state index contributed by atoms with van der Waals surface area (Å²) in [6.07, 6.45) is 0. The Morgan fingerprint density at radius 3 is 1.20 bits per heavy atom. The first-order valence-corrected chi connectivity index (χ1v) is 16.7. The summed E-state index contributed by atoms with van der Waals surface area (Å²) in [4.78, 5) is 22.7. The van der Waals surface area contributed by atoms with Crippen molar-refractivity contribution in [2.24, 2.45) is 0 Å². The molecule has 0 aliphatic heterocycles. The maximum atomic E-state index is 12.5. The highest BCUT2D eigenvalue weighted by molar-refractivity contribution is 7.82. The maximum Gasteiger partial charge on any atom is 0.298 e. The van der Waals surface area contributed by atoms with Gasteiger partial charge in [0.1, 0.15) is 0 Å². The number of hydrogen-bond acceptors (Lipinski definition) is 11. The van der Waals surface area contributed by atoms with E-state index in [1.54, 1.807) is 32.0 Å². The average Bonchev–Trinajstić information content (AvgIpc) is 3.02. The van der Waals surface area contributed by atoms with E-state index >= 15 is 0 Å². The molecular weight excluding hydrogens is 607 g/mol. The minimum absolute atomic E-state index is 0.0312. The molecule has 0 bridgehead atoms. The van der Waals surface area contributed by atoms with Crippen molar-refractivity contribution in [3.8, 4) is 0 Å². The lowest BCUT2D eigenvalue weighted by Gasteiger charge is -2.15. The number of hydrogen-bond donors (Lipinski definition) is 3. The van der Waals surface area contributed by atoms with Gasteiger partial charge in [-0.25, -0.2) is 0 Å². The van der Waals surface area contributed by atoms with Crippen LogP contribution in [0.1, 0.15) is 27.0 Å². The van der Waals surface area contributed by atoms with Gasteiger partial charge in [-0.3, -0.25) is 9.36 Å². The molecule has 0 aliphatic carbocycles. The Hall–Kier alpha value is -2.06. The van der Waals surface area contributed by atoms with Crippen molar-refractivity contribution in [1.82, 2.24) is 0 Å². The van der Waals surface area contributed by atoms with Gasteiger partial charge in [-0.15, -0.1) is 0 Å². The van der Waals surface area contributed by atoms with E-state index < -0.39 is 12.9 Å². The molecule has 0 fully saturated rings. The molecule has 0 heterocycles. The topological polar surface area (TPSA) is 159 Å². The van der Waals surface area contributed by atoms with Crippen LogP contribution < -0.4 is 5.30 Å². The van der Waals surface area contributed by atoms with E-state index in [4.69, 9.17) is 43.4 Å². The number of aryl methyl sites for hydroxylation is 3. The highest BCUT2D eigenvalue weighted by Crippen LogP contribution is 2.44. The van der Waals surface area contributed by atoms with Crippen LogP contribution in [0.4, 0.5) is 0 Å². The Balaban J connectivity index is 0.000000459. The largest absolute Gasteiger partial charge is 0.394 e. The molecule has 13 heteroatoms. The fourth-order valence-electron chi connectivity index (χ4n) is 3.97. The molecule has 0 spiro atoms. The minimum Gasteiger partial charge on any atom is -0.394 e. The van der Waals surface area contributed by atoms with E-state index in [-0.39, 0.29) is 18.5 Å². The summed E-state index contributed by atoms with van der Waals surface area (Å²) >= 11 is 0. The van der Waals surface area contributed by atoms with Gasteiger partial charge < -0.3 is 48.3 Å². The second-order valence-electron chi connectivity index (χ2n) is 9.72. The third kappa shape index (κ3) is 18.6. The fourth-order valence-corrected chi connectivity index (χ4v) is 5.43. The lowest BCUT2D eigenvalue weighted by atomic mass is 10.0. The Bertz CT molecular complexity index is 1040. The molecule has 0 aromatic heterocycles. The quantitative estimate of drug-likeness (QED) is 0.106. The Kier molecular flexibility index (Phi) is 23.7. The summed E-state index contributed by atoms with van der Waals surface area (Å²) in [5.74, 6) is 0. The zero-order chi connectivity index (χ0) is 33.2. The highest BCUT2D eigenvalue weighted by Gasteiger charge is 2.34. The first-order chi connectivity index (χ1) is 21.8. The molecule has 3 N–H and O–H groups in total. The summed E-state index contributed by atoms with van der Waals surface area (Å²) in [5.41, 5.74) is 2.16. The number of aliphatic hydroxyl groups excluding tert-OH is 2. The molecule has 2 aromatic carbocycles. The van der Waals surface area contributed by atoms with Gasteiger partial charge in [0.2, 0.25) is 0 Å². The number of carbonyl (C=O) groups is 1. The van der Waals surface area contributed by atoms with Crippen LogP contribution >= 0.6 is 7.37 Å². The summed E-state index contributed by atoms with van der Waals surface area (Å²) in [6.45, 7) is 12.3. The molecule has 2 aromatic rings. The van der Waals surface area contributed by atoms with Crippen molar-refractivity contribution in [3.05, 3.63) is 64.7 Å². The fraction of sp³-hybridized carbons (Fsp3) is 0.594. The number of aliphatic hydroxyl groups is 2. The number of carbonyl (C=O) groups excluding carboxylic acids is 1. The summed E-state index contributed by atoms with van der Waals surface area (Å²) in [6, 6.07) is 11.8. The van der Waals surface area contributed by atoms with Gasteiger partial charge in [0.05, 0.1) is 106 Å². The molecule has 0 aliphatic rings. The first kappa shape index (κ1) is 41.0. The third-order valence-corrected chi connectivity index (χ3v) is 7.75. The van der Waals surface area contributed by atoms with E-state index in [0.717, 1.165) is 16.7 Å². The summed E-state index contributed by atoms with van der Waals surface area (Å²) in [7, 11) is -4.07. The van der Waals surface area contributed by atoms with Crippen LogP contribution in [0, 0.1) is 20.8 Å². The van der Waals surface area contributed by atoms with Crippen molar-refractivity contribution in [1.29, 1.82) is 0 Å². The molecular formula is C32H51O12P. The van der Waals surface area contributed by atoms with E-state index in [1.165, 1.54) is 12.1 Å². The van der Waals surface area contributed by atoms with Gasteiger partial charge in [0.15, 0.2) is 0 Å². The predicted molar refractivity (Wildman–Crippen MR) is 171 cm³/mol. The van der Waals surface area contributed by atoms with E-state index in [2.05, 4.69) is 0 Å². The summed E-state index contributed by atoms with van der Waals surface area (Å²) in [5, 5.41) is 17.2. The first-order valence-electron chi connectivity index (χ1n) is 15.0. The smallest absolute Gasteiger partial charge is 0.298 e. The molecule has 256 valence electrons. The Labute approximate surface area is 267 Å². The predicted octanol–water partition coefficient (Wildman–Crippen LogP) is 2.44. The van der Waals surface area contributed by atoms with Crippen LogP contribution in [-0.4, -0.2) is 126 Å². The molecule has 45 heavy (non-hydrogen) atoms. The monoisotopic (exact) mass is 658 g/mol. The van der Waals surface area contributed by atoms with E-state index in [1.807, 2.05) is 19.1 Å². The van der Waals surface area contributed by atoms with Gasteiger partial charge in [0.25, 0.3) is 12.9 Å². The number of benzene rings is 2. The van der Waals surface area contributed by atoms with Crippen molar-refractivity contribution >= 4 is 18.2 Å². The Morgan fingerprint density at radius 1 is 0.578 bits per heavy atom. The molecule has 0 saturated carbocycles.